The summed E-state index contributed by atoms with van der Waals surface area (Å²) in [6.45, 7) is 2.69. The molecule has 8 heteroatoms. The minimum absolute atomic E-state index is 0.113. The van der Waals surface area contributed by atoms with Gasteiger partial charge in [0.1, 0.15) is 6.10 Å². The number of fused-ring (bicyclic) bond motifs is 1. The van der Waals surface area contributed by atoms with Gasteiger partial charge >= 0.3 is 6.18 Å². The maximum absolute atomic E-state index is 13.2. The van der Waals surface area contributed by atoms with Gasteiger partial charge in [-0.25, -0.2) is 4.98 Å². The number of carbonyl (C=O) groups is 1. The molecule has 0 saturated carbocycles. The molecule has 4 nitrogen and oxygen atoms in total. The van der Waals surface area contributed by atoms with Gasteiger partial charge in [-0.05, 0) is 30.7 Å². The molecule has 1 aliphatic rings. The van der Waals surface area contributed by atoms with Crippen molar-refractivity contribution >= 4 is 27.5 Å². The summed E-state index contributed by atoms with van der Waals surface area (Å²) in [5.41, 5.74) is 0.801. The molecule has 1 fully saturated rings. The fourth-order valence-electron chi connectivity index (χ4n) is 3.52. The molecule has 2 heterocycles. The Morgan fingerprint density at radius 2 is 1.86 bits per heavy atom. The summed E-state index contributed by atoms with van der Waals surface area (Å²) >= 11 is 1.47. The number of para-hydroxylation sites is 1. The molecule has 4 rings (SSSR count). The lowest BCUT2D eigenvalue weighted by Crippen LogP contribution is -2.42. The van der Waals surface area contributed by atoms with Crippen LogP contribution in [0.15, 0.2) is 42.5 Å². The lowest BCUT2D eigenvalue weighted by molar-refractivity contribution is -0.138. The van der Waals surface area contributed by atoms with Crippen LogP contribution in [0.25, 0.3) is 10.2 Å². The molecule has 0 unspecified atom stereocenters. The third kappa shape index (κ3) is 4.07. The first-order valence-electron chi connectivity index (χ1n) is 9.31. The van der Waals surface area contributed by atoms with E-state index in [0.717, 1.165) is 21.8 Å². The highest BCUT2D eigenvalue weighted by Gasteiger charge is 2.36. The summed E-state index contributed by atoms with van der Waals surface area (Å²) in [6, 6.07) is 10.9. The van der Waals surface area contributed by atoms with Gasteiger partial charge in [0.15, 0.2) is 0 Å². The summed E-state index contributed by atoms with van der Waals surface area (Å²) in [5.74, 6) is -0.591. The number of thiazole rings is 1. The van der Waals surface area contributed by atoms with Crippen LogP contribution in [-0.4, -0.2) is 35.0 Å². The number of nitrogens with zero attached hydrogens (tertiary/aromatic N) is 2. The van der Waals surface area contributed by atoms with Gasteiger partial charge in [0.2, 0.25) is 0 Å². The number of likely N-dealkylation sites (tertiary alicyclic amines) is 1. The van der Waals surface area contributed by atoms with Crippen LogP contribution < -0.4 is 4.74 Å². The van der Waals surface area contributed by atoms with Crippen molar-refractivity contribution in [3.8, 4) is 5.19 Å². The van der Waals surface area contributed by atoms with Crippen molar-refractivity contribution < 1.29 is 22.7 Å². The second-order valence-corrected chi connectivity index (χ2v) is 8.05. The van der Waals surface area contributed by atoms with Crippen molar-refractivity contribution in [2.75, 3.05) is 13.1 Å². The van der Waals surface area contributed by atoms with Crippen LogP contribution in [0.4, 0.5) is 13.2 Å². The van der Waals surface area contributed by atoms with Gasteiger partial charge in [0.05, 0.1) is 21.3 Å². The maximum Gasteiger partial charge on any atom is 0.417 e. The Morgan fingerprint density at radius 1 is 1.14 bits per heavy atom. The molecular formula is C21H19F3N2O2S. The van der Waals surface area contributed by atoms with Crippen LogP contribution in [0.2, 0.25) is 0 Å². The zero-order valence-corrected chi connectivity index (χ0v) is 16.5. The van der Waals surface area contributed by atoms with E-state index in [-0.39, 0.29) is 11.7 Å². The molecule has 0 bridgehead atoms. The minimum Gasteiger partial charge on any atom is -0.467 e. The number of hydrogen-bond acceptors (Lipinski definition) is 4. The van der Waals surface area contributed by atoms with E-state index in [1.165, 1.54) is 34.4 Å². The van der Waals surface area contributed by atoms with E-state index in [9.17, 15) is 18.0 Å². The molecule has 2 aromatic carbocycles. The third-order valence-electron chi connectivity index (χ3n) is 5.06. The molecule has 1 aliphatic heterocycles. The SMILES string of the molecule is Cc1cccc2sc(OC3CCN(C(=O)c4ccccc4C(F)(F)F)CC3)nc12. The van der Waals surface area contributed by atoms with Crippen LogP contribution in [0.5, 0.6) is 5.19 Å². The molecule has 1 aromatic heterocycles. The number of carbonyl (C=O) groups excluding carboxylic acids is 1. The fourth-order valence-corrected chi connectivity index (χ4v) is 4.48. The second-order valence-electron chi connectivity index (χ2n) is 7.05. The number of hydrogen-bond donors (Lipinski definition) is 0. The van der Waals surface area contributed by atoms with Crippen molar-refractivity contribution in [3.05, 3.63) is 59.2 Å². The standard InChI is InChI=1S/C21H19F3N2O2S/c1-13-5-4-8-17-18(13)25-20(29-17)28-14-9-11-26(12-10-14)19(27)15-6-2-3-7-16(15)21(22,23)24/h2-8,14H,9-12H2,1H3. The van der Waals surface area contributed by atoms with Crippen LogP contribution >= 0.6 is 11.3 Å². The van der Waals surface area contributed by atoms with Crippen molar-refractivity contribution in [3.63, 3.8) is 0 Å². The van der Waals surface area contributed by atoms with Crippen molar-refractivity contribution in [1.29, 1.82) is 0 Å². The highest BCUT2D eigenvalue weighted by atomic mass is 32.1. The van der Waals surface area contributed by atoms with E-state index in [1.807, 2.05) is 25.1 Å². The average molecular weight is 420 g/mol. The molecule has 0 spiro atoms. The number of rotatable bonds is 3. The second kappa shape index (κ2) is 7.67. The number of ether oxygens (including phenoxy) is 1. The molecule has 0 radical (unpaired) electrons. The predicted octanol–water partition coefficient (Wildman–Crippen LogP) is 5.31. The molecule has 0 N–H and O–H groups in total. The summed E-state index contributed by atoms with van der Waals surface area (Å²) in [7, 11) is 0. The Hall–Kier alpha value is -2.61. The van der Waals surface area contributed by atoms with E-state index in [0.29, 0.717) is 31.1 Å². The molecule has 1 amide bonds. The molecule has 0 aliphatic carbocycles. The van der Waals surface area contributed by atoms with Gasteiger partial charge in [-0.1, -0.05) is 35.6 Å². The normalized spacial score (nSPS) is 15.7. The van der Waals surface area contributed by atoms with Gasteiger partial charge in [-0.15, -0.1) is 0 Å². The van der Waals surface area contributed by atoms with Gasteiger partial charge in [-0.3, -0.25) is 4.79 Å². The number of halogens is 3. The zero-order valence-electron chi connectivity index (χ0n) is 15.7. The van der Waals surface area contributed by atoms with Crippen LogP contribution in [0.3, 0.4) is 0 Å². The lowest BCUT2D eigenvalue weighted by Gasteiger charge is -2.32. The topological polar surface area (TPSA) is 42.4 Å². The third-order valence-corrected chi connectivity index (χ3v) is 5.97. The molecular weight excluding hydrogens is 401 g/mol. The summed E-state index contributed by atoms with van der Waals surface area (Å²) < 4.78 is 46.6. The Kier molecular flexibility index (Phi) is 5.21. The predicted molar refractivity (Wildman–Crippen MR) is 105 cm³/mol. The summed E-state index contributed by atoms with van der Waals surface area (Å²) in [4.78, 5) is 18.7. The Balaban J connectivity index is 1.42. The number of aryl methyl sites for hydroxylation is 1. The molecule has 1 saturated heterocycles. The summed E-state index contributed by atoms with van der Waals surface area (Å²) in [6.07, 6.45) is -3.57. The Morgan fingerprint density at radius 3 is 2.55 bits per heavy atom. The van der Waals surface area contributed by atoms with Crippen molar-refractivity contribution in [2.24, 2.45) is 0 Å². The van der Waals surface area contributed by atoms with Crippen LogP contribution in [0, 0.1) is 6.92 Å². The first-order valence-corrected chi connectivity index (χ1v) is 10.1. The van der Waals surface area contributed by atoms with Crippen LogP contribution in [0.1, 0.15) is 34.3 Å². The number of aromatic nitrogens is 1. The van der Waals surface area contributed by atoms with Gasteiger partial charge in [-0.2, -0.15) is 13.2 Å². The first kappa shape index (κ1) is 19.7. The van der Waals surface area contributed by atoms with E-state index in [2.05, 4.69) is 4.98 Å². The van der Waals surface area contributed by atoms with Crippen molar-refractivity contribution in [2.45, 2.75) is 32.0 Å². The largest absolute Gasteiger partial charge is 0.467 e. The summed E-state index contributed by atoms with van der Waals surface area (Å²) in [5, 5.41) is 0.585. The Labute approximate surface area is 169 Å². The van der Waals surface area contributed by atoms with Crippen LogP contribution in [-0.2, 0) is 6.18 Å². The monoisotopic (exact) mass is 420 g/mol. The molecule has 0 atom stereocenters. The fraction of sp³-hybridized carbons (Fsp3) is 0.333. The number of amides is 1. The van der Waals surface area contributed by atoms with Gasteiger partial charge in [0.25, 0.3) is 11.1 Å². The molecule has 3 aromatic rings. The first-order chi connectivity index (χ1) is 13.8. The average Bonchev–Trinajstić information content (AvgIpc) is 3.11. The van der Waals surface area contributed by atoms with E-state index >= 15 is 0 Å². The molecule has 152 valence electrons. The highest BCUT2D eigenvalue weighted by Crippen LogP contribution is 2.34. The maximum atomic E-state index is 13.2. The van der Waals surface area contributed by atoms with E-state index in [4.69, 9.17) is 4.74 Å². The smallest absolute Gasteiger partial charge is 0.417 e. The highest BCUT2D eigenvalue weighted by molar-refractivity contribution is 7.20. The van der Waals surface area contributed by atoms with Crippen molar-refractivity contribution in [1.82, 2.24) is 9.88 Å². The Bertz CT molecular complexity index is 1040. The van der Waals surface area contributed by atoms with Gasteiger partial charge < -0.3 is 9.64 Å². The number of alkyl halides is 3. The number of piperidine rings is 1. The quantitative estimate of drug-likeness (QED) is 0.577. The lowest BCUT2D eigenvalue weighted by atomic mass is 10.0. The zero-order chi connectivity index (χ0) is 20.6. The molecule has 29 heavy (non-hydrogen) atoms. The van der Waals surface area contributed by atoms with Gasteiger partial charge in [0, 0.05) is 25.9 Å². The van der Waals surface area contributed by atoms with E-state index in [1.54, 1.807) is 0 Å². The number of benzene rings is 2. The minimum atomic E-state index is -4.56. The van der Waals surface area contributed by atoms with E-state index < -0.39 is 17.6 Å².